The van der Waals surface area contributed by atoms with Gasteiger partial charge >= 0.3 is 0 Å². The lowest BCUT2D eigenvalue weighted by molar-refractivity contribution is -0.174. The van der Waals surface area contributed by atoms with Crippen LogP contribution in [0.15, 0.2) is 36.5 Å². The van der Waals surface area contributed by atoms with E-state index < -0.39 is 12.5 Å². The van der Waals surface area contributed by atoms with Gasteiger partial charge in [-0.05, 0) is 35.2 Å². The van der Waals surface area contributed by atoms with Crippen LogP contribution in [0.3, 0.4) is 0 Å². The zero-order chi connectivity index (χ0) is 16.8. The van der Waals surface area contributed by atoms with Gasteiger partial charge in [0.15, 0.2) is 17.2 Å². The zero-order valence-corrected chi connectivity index (χ0v) is 13.2. The van der Waals surface area contributed by atoms with Crippen LogP contribution in [0.4, 0.5) is 14.7 Å². The van der Waals surface area contributed by atoms with Crippen molar-refractivity contribution in [1.29, 1.82) is 0 Å². The van der Waals surface area contributed by atoms with Crippen molar-refractivity contribution in [3.05, 3.63) is 53.1 Å². The van der Waals surface area contributed by atoms with E-state index in [-0.39, 0.29) is 11.0 Å². The summed E-state index contributed by atoms with van der Waals surface area (Å²) >= 11 is 6.31. The van der Waals surface area contributed by atoms with E-state index in [2.05, 4.69) is 15.2 Å². The number of nitrogens with zero attached hydrogens (tertiary/aromatic N) is 2. The lowest BCUT2D eigenvalue weighted by atomic mass is 10.0. The number of fused-ring (bicyclic) bond motifs is 1. The molecule has 3 heterocycles. The Hall–Kier alpha value is -2.22. The van der Waals surface area contributed by atoms with Crippen LogP contribution in [-0.4, -0.2) is 21.9 Å². The molecule has 5 nitrogen and oxygen atoms in total. The van der Waals surface area contributed by atoms with E-state index in [9.17, 15) is 8.92 Å². The number of hydrogen-bond donors (Lipinski definition) is 1. The fourth-order valence-corrected chi connectivity index (χ4v) is 2.89. The molecule has 1 unspecified atom stereocenters. The van der Waals surface area contributed by atoms with Crippen LogP contribution >= 0.6 is 11.6 Å². The van der Waals surface area contributed by atoms with Crippen molar-refractivity contribution in [1.82, 2.24) is 9.38 Å². The average Bonchev–Trinajstić information content (AvgIpc) is 3.25. The second-order valence-corrected chi connectivity index (χ2v) is 5.85. The number of imidazole rings is 1. The van der Waals surface area contributed by atoms with E-state index in [0.29, 0.717) is 22.6 Å². The van der Waals surface area contributed by atoms with Crippen molar-refractivity contribution < 1.29 is 18.6 Å². The van der Waals surface area contributed by atoms with Gasteiger partial charge in [0.25, 0.3) is 0 Å². The third kappa shape index (κ3) is 2.50. The molecule has 2 aromatic heterocycles. The van der Waals surface area contributed by atoms with Crippen molar-refractivity contribution >= 4 is 23.1 Å². The van der Waals surface area contributed by atoms with Crippen LogP contribution in [0.2, 0.25) is 5.15 Å². The molecule has 8 heteroatoms. The summed E-state index contributed by atoms with van der Waals surface area (Å²) in [6.45, 7) is 1.84. The first-order valence-corrected chi connectivity index (χ1v) is 7.59. The molecule has 1 fully saturated rings. The Morgan fingerprint density at radius 2 is 2.17 bits per heavy atom. The van der Waals surface area contributed by atoms with Gasteiger partial charge in [-0.2, -0.15) is 4.94 Å². The molecule has 0 spiro atoms. The van der Waals surface area contributed by atoms with Gasteiger partial charge in [-0.25, -0.2) is 9.37 Å². The first-order chi connectivity index (χ1) is 11.6. The topological polar surface area (TPSA) is 51.1 Å². The Kier molecular flexibility index (Phi) is 3.64. The third-order valence-corrected chi connectivity index (χ3v) is 4.25. The zero-order valence-electron chi connectivity index (χ0n) is 12.5. The number of aromatic nitrogens is 2. The highest BCUT2D eigenvalue weighted by atomic mass is 35.5. The minimum Gasteiger partial charge on any atom is -0.338 e. The second-order valence-electron chi connectivity index (χ2n) is 5.49. The maximum atomic E-state index is 14.2. The molecule has 1 N–H and O–H groups in total. The van der Waals surface area contributed by atoms with Gasteiger partial charge in [0, 0.05) is 17.3 Å². The number of pyridine rings is 1. The van der Waals surface area contributed by atoms with Gasteiger partial charge in [-0.3, -0.25) is 4.40 Å². The molecule has 0 aliphatic carbocycles. The Balaban J connectivity index is 1.74. The fraction of sp³-hybridized carbons (Fsp3) is 0.188. The number of rotatable bonds is 4. The molecule has 0 saturated carbocycles. The van der Waals surface area contributed by atoms with Crippen LogP contribution in [0.5, 0.6) is 0 Å². The summed E-state index contributed by atoms with van der Waals surface area (Å²) < 4.78 is 32.7. The fourth-order valence-electron chi connectivity index (χ4n) is 2.66. The molecule has 0 bridgehead atoms. The summed E-state index contributed by atoms with van der Waals surface area (Å²) in [5.74, 6) is 0.0295. The Morgan fingerprint density at radius 3 is 2.88 bits per heavy atom. The van der Waals surface area contributed by atoms with Gasteiger partial charge in [0.05, 0.1) is 0 Å². The number of anilines is 1. The van der Waals surface area contributed by atoms with E-state index in [0.717, 1.165) is 5.56 Å². The first-order valence-electron chi connectivity index (χ1n) is 7.21. The lowest BCUT2D eigenvalue weighted by Crippen LogP contribution is -2.07. The summed E-state index contributed by atoms with van der Waals surface area (Å²) in [6.07, 6.45) is 0.117. The molecule has 0 amide bonds. The number of epoxide rings is 1. The minimum absolute atomic E-state index is 0.286. The molecule has 4 rings (SSSR count). The molecule has 1 aliphatic heterocycles. The molecule has 2 atom stereocenters. The van der Waals surface area contributed by atoms with Gasteiger partial charge < -0.3 is 10.1 Å². The highest BCUT2D eigenvalue weighted by Gasteiger charge is 2.42. The van der Waals surface area contributed by atoms with E-state index in [1.54, 1.807) is 28.8 Å². The molecule has 0 radical (unpaired) electrons. The molecular weight excluding hydrogens is 340 g/mol. The second kappa shape index (κ2) is 5.70. The van der Waals surface area contributed by atoms with Crippen molar-refractivity contribution in [3.8, 4) is 11.1 Å². The predicted molar refractivity (Wildman–Crippen MR) is 84.8 cm³/mol. The van der Waals surface area contributed by atoms with Crippen LogP contribution in [0.25, 0.3) is 16.8 Å². The van der Waals surface area contributed by atoms with Gasteiger partial charge in [-0.15, -0.1) is 0 Å². The predicted octanol–water partition coefficient (Wildman–Crippen LogP) is 4.10. The van der Waals surface area contributed by atoms with Crippen LogP contribution in [-0.2, 0) is 9.68 Å². The largest absolute Gasteiger partial charge is 0.338 e. The van der Waals surface area contributed by atoms with Gasteiger partial charge in [0.2, 0.25) is 6.29 Å². The maximum absolute atomic E-state index is 14.2. The number of benzene rings is 1. The summed E-state index contributed by atoms with van der Waals surface area (Å²) in [4.78, 5) is 7.87. The molecule has 1 aromatic carbocycles. The Labute approximate surface area is 140 Å². The highest BCUT2D eigenvalue weighted by Crippen LogP contribution is 2.32. The van der Waals surface area contributed by atoms with Crippen LogP contribution in [0, 0.1) is 12.7 Å². The number of halogens is 3. The van der Waals surface area contributed by atoms with Crippen LogP contribution in [0.1, 0.15) is 5.56 Å². The van der Waals surface area contributed by atoms with Gasteiger partial charge in [0.1, 0.15) is 11.5 Å². The maximum Gasteiger partial charge on any atom is 0.244 e. The first kappa shape index (κ1) is 15.3. The van der Waals surface area contributed by atoms with Crippen LogP contribution < -0.4 is 5.32 Å². The smallest absolute Gasteiger partial charge is 0.244 e. The quantitative estimate of drug-likeness (QED) is 0.719. The summed E-state index contributed by atoms with van der Waals surface area (Å²) in [7, 11) is 0. The average molecular weight is 352 g/mol. The number of hydrogen-bond acceptors (Lipinski definition) is 4. The molecular formula is C16H12ClF2N3O2. The molecule has 124 valence electrons. The molecule has 1 aliphatic rings. The van der Waals surface area contributed by atoms with Crippen molar-refractivity contribution in [3.63, 3.8) is 0 Å². The number of nitrogens with one attached hydrogen (secondary N) is 1. The van der Waals surface area contributed by atoms with Crippen molar-refractivity contribution in [2.45, 2.75) is 19.4 Å². The summed E-state index contributed by atoms with van der Waals surface area (Å²) in [6, 6.07) is 8.42. The van der Waals surface area contributed by atoms with Gasteiger partial charge in [-0.1, -0.05) is 23.7 Å². The summed E-state index contributed by atoms with van der Waals surface area (Å²) in [5.41, 5.74) is 2.57. The normalized spacial score (nSPS) is 19.7. The van der Waals surface area contributed by atoms with E-state index in [1.807, 2.05) is 13.0 Å². The van der Waals surface area contributed by atoms with E-state index in [1.165, 1.54) is 6.07 Å². The number of ether oxygens (including phenoxy) is 1. The van der Waals surface area contributed by atoms with E-state index in [4.69, 9.17) is 16.3 Å². The molecule has 1 saturated heterocycles. The van der Waals surface area contributed by atoms with Crippen molar-refractivity contribution in [2.75, 3.05) is 5.32 Å². The lowest BCUT2D eigenvalue weighted by Gasteiger charge is -2.08. The number of aryl methyl sites for hydroxylation is 1. The summed E-state index contributed by atoms with van der Waals surface area (Å²) in [5, 5.41) is 3.12. The van der Waals surface area contributed by atoms with Crippen molar-refractivity contribution in [2.24, 2.45) is 0 Å². The molecule has 3 aromatic rings. The molecule has 24 heavy (non-hydrogen) atoms. The standard InChI is InChI=1S/C16H12ClF2N3O2/c1-8-3-2-4-10(18)12(8)9-5-6-11-20-14(13(17)22(11)7-9)21-15-16(23-15)24-19/h2-7,15-16,21H,1H3/t15?,16-/m0/s1. The van der Waals surface area contributed by atoms with E-state index >= 15 is 0 Å². The minimum atomic E-state index is -0.956. The highest BCUT2D eigenvalue weighted by molar-refractivity contribution is 6.32. The monoisotopic (exact) mass is 351 g/mol. The Morgan fingerprint density at radius 1 is 1.33 bits per heavy atom. The third-order valence-electron chi connectivity index (χ3n) is 3.89. The Bertz CT molecular complexity index is 911. The SMILES string of the molecule is Cc1cccc(F)c1-c1ccc2nc(NC3O[C@H]3OF)c(Cl)n2c1.